The second kappa shape index (κ2) is 2.07. The molecule has 0 saturated heterocycles. The maximum atomic E-state index is 7.25. The summed E-state index contributed by atoms with van der Waals surface area (Å²) in [4.78, 5) is 7.19. The van der Waals surface area contributed by atoms with Gasteiger partial charge in [0.05, 0.1) is 29.9 Å². The molecule has 0 radical (unpaired) electrons. The van der Waals surface area contributed by atoms with Crippen molar-refractivity contribution < 1.29 is 5.48 Å². The molecule has 1 aliphatic rings. The molecule has 0 aromatic rings. The van der Waals surface area contributed by atoms with Crippen LogP contribution in [0.2, 0.25) is 0 Å². The minimum absolute atomic E-state index is 0.454. The third-order valence-corrected chi connectivity index (χ3v) is 1.02. The topological polar surface area (TPSA) is 24.7 Å². The van der Waals surface area contributed by atoms with Crippen LogP contribution < -0.4 is 0 Å². The molecule has 44 valence electrons. The molecule has 2 heteroatoms. The van der Waals surface area contributed by atoms with Gasteiger partial charge < -0.3 is 0 Å². The lowest BCUT2D eigenvalue weighted by molar-refractivity contribution is 0.960. The van der Waals surface area contributed by atoms with E-state index in [-0.39, 0.29) is 0 Å². The van der Waals surface area contributed by atoms with Gasteiger partial charge in [-0.25, -0.2) is 0 Å². The predicted octanol–water partition coefficient (Wildman–Crippen LogP) is 0.922. The zero-order valence-corrected chi connectivity index (χ0v) is 4.89. The van der Waals surface area contributed by atoms with Gasteiger partial charge in [-0.1, -0.05) is 0 Å². The number of nitrogens with zero attached hydrogens (tertiary/aromatic N) is 2. The lowest BCUT2D eigenvalue weighted by Crippen LogP contribution is -2.13. The van der Waals surface area contributed by atoms with E-state index >= 15 is 0 Å². The van der Waals surface area contributed by atoms with Crippen LogP contribution in [0.15, 0.2) is 9.98 Å². The van der Waals surface area contributed by atoms with Crippen molar-refractivity contribution in [2.45, 2.75) is 13.8 Å². The number of aliphatic imine (C=N–C) groups is 2. The molecule has 0 bridgehead atoms. The van der Waals surface area contributed by atoms with E-state index in [0.717, 1.165) is 0 Å². The van der Waals surface area contributed by atoms with Crippen molar-refractivity contribution in [1.82, 2.24) is 0 Å². The minimum atomic E-state index is -2.24. The Balaban J connectivity index is 3.15. The fourth-order valence-corrected chi connectivity index (χ4v) is 0.380. The number of rotatable bonds is 0. The van der Waals surface area contributed by atoms with Crippen molar-refractivity contribution in [3.8, 4) is 0 Å². The molecule has 0 atom stereocenters. The summed E-state index contributed by atoms with van der Waals surface area (Å²) in [5.74, 6) is 0. The van der Waals surface area contributed by atoms with Crippen molar-refractivity contribution in [2.75, 3.05) is 13.0 Å². The van der Waals surface area contributed by atoms with Gasteiger partial charge in [0.25, 0.3) is 0 Å². The smallest absolute Gasteiger partial charge is 0.0589 e. The molecule has 0 fully saturated rings. The molecule has 0 aromatic heterocycles. The Bertz CT molecular complexity index is 239. The molecule has 0 saturated carbocycles. The molecule has 8 heavy (non-hydrogen) atoms. The zero-order chi connectivity index (χ0) is 9.57. The maximum Gasteiger partial charge on any atom is 0.0589 e. The molecule has 0 aliphatic carbocycles. The van der Waals surface area contributed by atoms with Gasteiger partial charge in [0.2, 0.25) is 0 Å². The van der Waals surface area contributed by atoms with Gasteiger partial charge in [-0.2, -0.15) is 0 Å². The molecule has 1 heterocycles. The van der Waals surface area contributed by atoms with Gasteiger partial charge in [-0.3, -0.25) is 9.98 Å². The monoisotopic (exact) mass is 114 g/mol. The van der Waals surface area contributed by atoms with E-state index in [4.69, 9.17) is 5.48 Å². The Morgan fingerprint density at radius 2 is 1.62 bits per heavy atom. The van der Waals surface area contributed by atoms with Gasteiger partial charge in [0.1, 0.15) is 0 Å². The Kier molecular flexibility index (Phi) is 0.594. The lowest BCUT2D eigenvalue weighted by atomic mass is 10.2. The van der Waals surface area contributed by atoms with E-state index in [2.05, 4.69) is 9.98 Å². The van der Waals surface area contributed by atoms with E-state index in [1.807, 2.05) is 0 Å². The van der Waals surface area contributed by atoms with Crippen molar-refractivity contribution in [3.05, 3.63) is 0 Å². The van der Waals surface area contributed by atoms with Crippen molar-refractivity contribution >= 4 is 11.4 Å². The van der Waals surface area contributed by atoms with E-state index in [1.54, 1.807) is 13.8 Å². The zero-order valence-electron chi connectivity index (χ0n) is 8.89. The summed E-state index contributed by atoms with van der Waals surface area (Å²) < 4.78 is 29.0. The molecule has 0 unspecified atom stereocenters. The maximum absolute atomic E-state index is 7.25. The highest BCUT2D eigenvalue weighted by molar-refractivity contribution is 6.40. The molecule has 0 N–H and O–H groups in total. The fraction of sp³-hybridized carbons (Fsp3) is 0.667. The Morgan fingerprint density at radius 1 is 1.25 bits per heavy atom. The highest BCUT2D eigenvalue weighted by atomic mass is 14.9. The summed E-state index contributed by atoms with van der Waals surface area (Å²) in [6.45, 7) is -1.25. The SMILES string of the molecule is [2H]C1([2H])N=C(C)C(C)=NC1([2H])[2H]. The van der Waals surface area contributed by atoms with Gasteiger partial charge in [-0.15, -0.1) is 0 Å². The average Bonchev–Trinajstić information content (AvgIpc) is 1.82. The van der Waals surface area contributed by atoms with E-state index in [1.165, 1.54) is 0 Å². The first-order valence-corrected chi connectivity index (χ1v) is 2.39. The van der Waals surface area contributed by atoms with Crippen LogP contribution in [0.25, 0.3) is 0 Å². The Morgan fingerprint density at radius 3 is 2.00 bits per heavy atom. The van der Waals surface area contributed by atoms with Crippen LogP contribution in [0, 0.1) is 0 Å². The van der Waals surface area contributed by atoms with Crippen molar-refractivity contribution in [1.29, 1.82) is 0 Å². The molecular weight excluding hydrogens is 100 g/mol. The minimum Gasteiger partial charge on any atom is -0.286 e. The fourth-order valence-electron chi connectivity index (χ4n) is 0.380. The van der Waals surface area contributed by atoms with E-state index in [0.29, 0.717) is 11.4 Å². The predicted molar refractivity (Wildman–Crippen MR) is 36.0 cm³/mol. The summed E-state index contributed by atoms with van der Waals surface area (Å²) in [7, 11) is 0. The molecule has 1 aliphatic heterocycles. The van der Waals surface area contributed by atoms with E-state index < -0.39 is 13.0 Å². The van der Waals surface area contributed by atoms with Crippen LogP contribution in [-0.2, 0) is 0 Å². The molecule has 1 rings (SSSR count). The average molecular weight is 114 g/mol. The van der Waals surface area contributed by atoms with Gasteiger partial charge in [0, 0.05) is 0 Å². The van der Waals surface area contributed by atoms with Gasteiger partial charge >= 0.3 is 0 Å². The van der Waals surface area contributed by atoms with Gasteiger partial charge in [-0.05, 0) is 13.8 Å². The molecule has 2 nitrogen and oxygen atoms in total. The molecule has 0 spiro atoms. The Labute approximate surface area is 55.0 Å². The first kappa shape index (κ1) is 2.29. The summed E-state index contributed by atoms with van der Waals surface area (Å²) in [5.41, 5.74) is 0.908. The van der Waals surface area contributed by atoms with Crippen LogP contribution in [0.3, 0.4) is 0 Å². The van der Waals surface area contributed by atoms with Crippen LogP contribution in [-0.4, -0.2) is 24.4 Å². The normalized spacial score (nSPS) is 39.8. The standard InChI is InChI=1S/C6H10N2/c1-5-6(2)8-4-3-7-5/h3-4H2,1-2H3/i3D2,4D2. The van der Waals surface area contributed by atoms with Crippen molar-refractivity contribution in [2.24, 2.45) is 9.98 Å². The largest absolute Gasteiger partial charge is 0.286 e. The highest BCUT2D eigenvalue weighted by Crippen LogP contribution is 1.91. The quantitative estimate of drug-likeness (QED) is 0.447. The third kappa shape index (κ3) is 0.941. The first-order chi connectivity index (χ1) is 5.26. The van der Waals surface area contributed by atoms with Crippen LogP contribution in [0.1, 0.15) is 19.3 Å². The summed E-state index contributed by atoms with van der Waals surface area (Å²) in [6.07, 6.45) is 0. The molecular formula is C6H10N2. The van der Waals surface area contributed by atoms with Crippen LogP contribution >= 0.6 is 0 Å². The number of hydrogen-bond acceptors (Lipinski definition) is 2. The summed E-state index contributed by atoms with van der Waals surface area (Å²) in [5, 5.41) is 0. The van der Waals surface area contributed by atoms with Gasteiger partial charge in [0.15, 0.2) is 0 Å². The molecule has 0 amide bonds. The lowest BCUT2D eigenvalue weighted by Gasteiger charge is -2.04. The summed E-state index contributed by atoms with van der Waals surface area (Å²) >= 11 is 0. The highest BCUT2D eigenvalue weighted by Gasteiger charge is 1.98. The third-order valence-electron chi connectivity index (χ3n) is 1.02. The first-order valence-electron chi connectivity index (χ1n) is 4.39. The second-order valence-electron chi connectivity index (χ2n) is 1.62. The molecule has 0 aromatic carbocycles. The Hall–Kier alpha value is -0.660. The second-order valence-corrected chi connectivity index (χ2v) is 1.62. The van der Waals surface area contributed by atoms with Crippen LogP contribution in [0.5, 0.6) is 0 Å². The summed E-state index contributed by atoms with van der Waals surface area (Å²) in [6, 6.07) is 0. The van der Waals surface area contributed by atoms with Crippen molar-refractivity contribution in [3.63, 3.8) is 0 Å². The number of hydrogen-bond donors (Lipinski definition) is 0. The van der Waals surface area contributed by atoms with E-state index in [9.17, 15) is 0 Å². The van der Waals surface area contributed by atoms with Crippen LogP contribution in [0.4, 0.5) is 0 Å².